The summed E-state index contributed by atoms with van der Waals surface area (Å²) in [5.74, 6) is -1.32. The summed E-state index contributed by atoms with van der Waals surface area (Å²) in [4.78, 5) is 32.2. The summed E-state index contributed by atoms with van der Waals surface area (Å²) in [6, 6.07) is 0. The molecule has 0 aliphatic heterocycles. The van der Waals surface area contributed by atoms with Gasteiger partial charge in [0.25, 0.3) is 0 Å². The average Bonchev–Trinajstić information content (AvgIpc) is 2.22. The summed E-state index contributed by atoms with van der Waals surface area (Å²) in [5.41, 5.74) is 0. The van der Waals surface area contributed by atoms with Gasteiger partial charge in [0.1, 0.15) is 6.54 Å². The van der Waals surface area contributed by atoms with E-state index in [1.807, 2.05) is 0 Å². The van der Waals surface area contributed by atoms with Gasteiger partial charge < -0.3 is 15.4 Å². The molecule has 0 rings (SSSR count). The van der Waals surface area contributed by atoms with Crippen LogP contribution in [0.2, 0.25) is 0 Å². The van der Waals surface area contributed by atoms with E-state index in [-0.39, 0.29) is 24.7 Å². The van der Waals surface area contributed by atoms with Gasteiger partial charge in [-0.2, -0.15) is 12.6 Å². The van der Waals surface area contributed by atoms with E-state index < -0.39 is 11.9 Å². The molecule has 2 amide bonds. The Kier molecular flexibility index (Phi) is 6.55. The van der Waals surface area contributed by atoms with E-state index in [9.17, 15) is 14.4 Å². The van der Waals surface area contributed by atoms with Gasteiger partial charge in [-0.15, -0.1) is 0 Å². The summed E-state index contributed by atoms with van der Waals surface area (Å²) >= 11 is 3.70. The smallest absolute Gasteiger partial charge is 0.325 e. The molecule has 14 heavy (non-hydrogen) atoms. The van der Waals surface area contributed by atoms with Crippen LogP contribution in [0.25, 0.3) is 0 Å². The molecule has 0 heterocycles. The molecule has 0 radical (unpaired) electrons. The second kappa shape index (κ2) is 7.19. The number of amides is 2. The molecule has 0 unspecified atom stereocenters. The van der Waals surface area contributed by atoms with Crippen LogP contribution in [0.15, 0.2) is 0 Å². The number of hydrogen-bond acceptors (Lipinski definition) is 5. The molecule has 0 fully saturated rings. The standard InChI is InChI=1S/C7H12N2O4S/c1-13-7(12)3-9-5(10)2-8-6(11)4-14/h14H,2-4H2,1H3,(H,8,11)(H,9,10). The minimum Gasteiger partial charge on any atom is -0.468 e. The zero-order valence-corrected chi connectivity index (χ0v) is 8.60. The van der Waals surface area contributed by atoms with Crippen molar-refractivity contribution in [1.82, 2.24) is 10.6 Å². The monoisotopic (exact) mass is 220 g/mol. The van der Waals surface area contributed by atoms with Crippen LogP contribution in [0.5, 0.6) is 0 Å². The fourth-order valence-electron chi connectivity index (χ4n) is 0.540. The molecule has 0 aromatic rings. The Morgan fingerprint density at radius 1 is 1.14 bits per heavy atom. The minimum absolute atomic E-state index is 0.0181. The topological polar surface area (TPSA) is 84.5 Å². The van der Waals surface area contributed by atoms with Gasteiger partial charge in [0.2, 0.25) is 11.8 Å². The summed E-state index contributed by atoms with van der Waals surface area (Å²) in [7, 11) is 1.22. The van der Waals surface area contributed by atoms with Crippen molar-refractivity contribution in [2.75, 3.05) is 26.0 Å². The van der Waals surface area contributed by atoms with Gasteiger partial charge in [-0.25, -0.2) is 0 Å². The summed E-state index contributed by atoms with van der Waals surface area (Å²) in [5, 5.41) is 4.55. The number of ether oxygens (including phenoxy) is 1. The van der Waals surface area contributed by atoms with E-state index in [0.717, 1.165) is 0 Å². The lowest BCUT2D eigenvalue weighted by Crippen LogP contribution is -2.39. The molecule has 0 aliphatic rings. The molecule has 0 bridgehead atoms. The maximum atomic E-state index is 10.9. The summed E-state index contributed by atoms with van der Waals surface area (Å²) in [6.07, 6.45) is 0. The second-order valence-corrected chi connectivity index (χ2v) is 2.60. The molecular formula is C7H12N2O4S. The first-order valence-electron chi connectivity index (χ1n) is 3.81. The molecule has 0 aromatic heterocycles. The van der Waals surface area contributed by atoms with Crippen LogP contribution in [-0.4, -0.2) is 43.7 Å². The zero-order valence-electron chi connectivity index (χ0n) is 7.70. The molecule has 7 heteroatoms. The predicted octanol–water partition coefficient (Wildman–Crippen LogP) is -1.68. The lowest BCUT2D eigenvalue weighted by Gasteiger charge is -2.04. The van der Waals surface area contributed by atoms with Gasteiger partial charge in [-0.1, -0.05) is 0 Å². The zero-order chi connectivity index (χ0) is 11.0. The Balaban J connectivity index is 3.56. The lowest BCUT2D eigenvalue weighted by atomic mass is 10.5. The first kappa shape index (κ1) is 12.8. The lowest BCUT2D eigenvalue weighted by molar-refractivity contribution is -0.141. The van der Waals surface area contributed by atoms with Crippen LogP contribution >= 0.6 is 12.6 Å². The number of thiol groups is 1. The summed E-state index contributed by atoms with van der Waals surface area (Å²) < 4.78 is 4.29. The van der Waals surface area contributed by atoms with Gasteiger partial charge >= 0.3 is 5.97 Å². The van der Waals surface area contributed by atoms with Gasteiger partial charge in [-0.05, 0) is 0 Å². The molecule has 0 aliphatic carbocycles. The van der Waals surface area contributed by atoms with Crippen molar-refractivity contribution in [2.24, 2.45) is 0 Å². The largest absolute Gasteiger partial charge is 0.468 e. The number of rotatable bonds is 5. The molecule has 80 valence electrons. The highest BCUT2D eigenvalue weighted by Gasteiger charge is 2.05. The summed E-state index contributed by atoms with van der Waals surface area (Å²) in [6.45, 7) is -0.373. The van der Waals surface area contributed by atoms with Crippen molar-refractivity contribution >= 4 is 30.4 Å². The van der Waals surface area contributed by atoms with Crippen molar-refractivity contribution in [1.29, 1.82) is 0 Å². The van der Waals surface area contributed by atoms with Crippen LogP contribution in [0.4, 0.5) is 0 Å². The van der Waals surface area contributed by atoms with Crippen molar-refractivity contribution < 1.29 is 19.1 Å². The SMILES string of the molecule is COC(=O)CNC(=O)CNC(=O)CS. The second-order valence-electron chi connectivity index (χ2n) is 2.29. The van der Waals surface area contributed by atoms with Crippen LogP contribution in [-0.2, 0) is 19.1 Å². The van der Waals surface area contributed by atoms with Crippen molar-refractivity contribution in [2.45, 2.75) is 0 Å². The Morgan fingerprint density at radius 3 is 2.21 bits per heavy atom. The van der Waals surface area contributed by atoms with Crippen molar-refractivity contribution in [3.63, 3.8) is 0 Å². The maximum absolute atomic E-state index is 10.9. The fourth-order valence-corrected chi connectivity index (χ4v) is 0.652. The quantitative estimate of drug-likeness (QED) is 0.382. The van der Waals surface area contributed by atoms with Gasteiger partial charge in [0.15, 0.2) is 0 Å². The number of carbonyl (C=O) groups excluding carboxylic acids is 3. The van der Waals surface area contributed by atoms with Crippen LogP contribution in [0, 0.1) is 0 Å². The number of methoxy groups -OCH3 is 1. The predicted molar refractivity (Wildman–Crippen MR) is 51.9 cm³/mol. The van der Waals surface area contributed by atoms with E-state index in [1.54, 1.807) is 0 Å². The number of nitrogens with one attached hydrogen (secondary N) is 2. The molecule has 2 N–H and O–H groups in total. The Bertz CT molecular complexity index is 210. The minimum atomic E-state index is -0.543. The van der Waals surface area contributed by atoms with Gasteiger partial charge in [0.05, 0.1) is 19.4 Å². The van der Waals surface area contributed by atoms with Crippen LogP contribution in [0.3, 0.4) is 0 Å². The van der Waals surface area contributed by atoms with Crippen LogP contribution < -0.4 is 10.6 Å². The molecule has 6 nitrogen and oxygen atoms in total. The number of hydrogen-bond donors (Lipinski definition) is 3. The Morgan fingerprint density at radius 2 is 1.71 bits per heavy atom. The highest BCUT2D eigenvalue weighted by atomic mass is 32.1. The van der Waals surface area contributed by atoms with E-state index >= 15 is 0 Å². The highest BCUT2D eigenvalue weighted by Crippen LogP contribution is 1.74. The maximum Gasteiger partial charge on any atom is 0.325 e. The van der Waals surface area contributed by atoms with Gasteiger partial charge in [0, 0.05) is 0 Å². The molecule has 0 atom stereocenters. The first-order valence-corrected chi connectivity index (χ1v) is 4.44. The molecular weight excluding hydrogens is 208 g/mol. The Labute approximate surface area is 86.8 Å². The van der Waals surface area contributed by atoms with E-state index in [4.69, 9.17) is 0 Å². The first-order chi connectivity index (χ1) is 6.60. The van der Waals surface area contributed by atoms with Crippen molar-refractivity contribution in [3.8, 4) is 0 Å². The third-order valence-electron chi connectivity index (χ3n) is 1.25. The fraction of sp³-hybridized carbons (Fsp3) is 0.571. The third kappa shape index (κ3) is 6.30. The van der Waals surface area contributed by atoms with Crippen molar-refractivity contribution in [3.05, 3.63) is 0 Å². The van der Waals surface area contributed by atoms with Crippen LogP contribution in [0.1, 0.15) is 0 Å². The molecule has 0 spiro atoms. The average molecular weight is 220 g/mol. The number of esters is 1. The molecule has 0 aromatic carbocycles. The third-order valence-corrected chi connectivity index (χ3v) is 1.53. The Hall–Kier alpha value is -1.24. The van der Waals surface area contributed by atoms with E-state index in [1.165, 1.54) is 7.11 Å². The number of carbonyl (C=O) groups is 3. The molecule has 0 saturated carbocycles. The molecule has 0 saturated heterocycles. The normalized spacial score (nSPS) is 9.00. The van der Waals surface area contributed by atoms with E-state index in [2.05, 4.69) is 28.0 Å². The highest BCUT2D eigenvalue weighted by molar-refractivity contribution is 7.81. The van der Waals surface area contributed by atoms with Gasteiger partial charge in [-0.3, -0.25) is 14.4 Å². The van der Waals surface area contributed by atoms with E-state index in [0.29, 0.717) is 0 Å².